The lowest BCUT2D eigenvalue weighted by atomic mass is 10.1. The van der Waals surface area contributed by atoms with E-state index in [-0.39, 0.29) is 17.4 Å². The Morgan fingerprint density at radius 3 is 2.53 bits per heavy atom. The summed E-state index contributed by atoms with van der Waals surface area (Å²) in [4.78, 5) is 10.6. The molecule has 15 heavy (non-hydrogen) atoms. The fraction of sp³-hybridized carbons (Fsp3) is 0.200. The molecule has 5 heteroatoms. The molecule has 0 spiro atoms. The highest BCUT2D eigenvalue weighted by Gasteiger charge is 2.05. The van der Waals surface area contributed by atoms with Gasteiger partial charge in [-0.1, -0.05) is 0 Å². The van der Waals surface area contributed by atoms with Crippen LogP contribution in [0.1, 0.15) is 19.4 Å². The Labute approximate surface area is 87.1 Å². The number of aromatic hydroxyl groups is 2. The van der Waals surface area contributed by atoms with Crippen LogP contribution in [0.3, 0.4) is 0 Å². The van der Waals surface area contributed by atoms with Crippen molar-refractivity contribution in [3.05, 3.63) is 23.8 Å². The van der Waals surface area contributed by atoms with E-state index in [1.165, 1.54) is 25.1 Å². The van der Waals surface area contributed by atoms with Crippen molar-refractivity contribution in [3.63, 3.8) is 0 Å². The van der Waals surface area contributed by atoms with Gasteiger partial charge in [-0.2, -0.15) is 5.10 Å². The second-order valence-corrected chi connectivity index (χ2v) is 3.07. The first-order chi connectivity index (χ1) is 7.00. The first kappa shape index (κ1) is 11.0. The molecular formula is C10H12N2O3. The summed E-state index contributed by atoms with van der Waals surface area (Å²) in [5.74, 6) is -0.391. The van der Waals surface area contributed by atoms with Crippen LogP contribution < -0.4 is 5.43 Å². The van der Waals surface area contributed by atoms with Crippen molar-refractivity contribution in [3.8, 4) is 11.5 Å². The summed E-state index contributed by atoms with van der Waals surface area (Å²) in [6, 6.07) is 4.16. The zero-order chi connectivity index (χ0) is 11.4. The molecule has 0 radical (unpaired) electrons. The normalized spacial score (nSPS) is 11.2. The Bertz CT molecular complexity index is 413. The Morgan fingerprint density at radius 2 is 2.00 bits per heavy atom. The van der Waals surface area contributed by atoms with Crippen molar-refractivity contribution in [2.24, 2.45) is 5.10 Å². The first-order valence-corrected chi connectivity index (χ1v) is 4.34. The van der Waals surface area contributed by atoms with Gasteiger partial charge in [0.15, 0.2) is 0 Å². The molecule has 0 aromatic heterocycles. The van der Waals surface area contributed by atoms with E-state index in [9.17, 15) is 9.90 Å². The largest absolute Gasteiger partial charge is 0.508 e. The van der Waals surface area contributed by atoms with Crippen LogP contribution >= 0.6 is 0 Å². The summed E-state index contributed by atoms with van der Waals surface area (Å²) in [5, 5.41) is 22.3. The third-order valence-electron chi connectivity index (χ3n) is 1.75. The smallest absolute Gasteiger partial charge is 0.236 e. The number of benzene rings is 1. The predicted octanol–water partition coefficient (Wildman–Crippen LogP) is 0.958. The lowest BCUT2D eigenvalue weighted by molar-refractivity contribution is -0.118. The quantitative estimate of drug-likeness (QED) is 0.500. The van der Waals surface area contributed by atoms with Gasteiger partial charge in [0.2, 0.25) is 5.91 Å². The van der Waals surface area contributed by atoms with Crippen LogP contribution in [0.4, 0.5) is 0 Å². The second kappa shape index (κ2) is 4.45. The van der Waals surface area contributed by atoms with Gasteiger partial charge in [0.1, 0.15) is 11.5 Å². The van der Waals surface area contributed by atoms with E-state index >= 15 is 0 Å². The third kappa shape index (κ3) is 2.98. The fourth-order valence-electron chi connectivity index (χ4n) is 1.05. The van der Waals surface area contributed by atoms with Crippen molar-refractivity contribution in [2.45, 2.75) is 13.8 Å². The van der Waals surface area contributed by atoms with Crippen LogP contribution in [0.25, 0.3) is 0 Å². The summed E-state index contributed by atoms with van der Waals surface area (Å²) in [6.45, 7) is 2.98. The summed E-state index contributed by atoms with van der Waals surface area (Å²) in [6.07, 6.45) is 0. The maximum Gasteiger partial charge on any atom is 0.236 e. The minimum atomic E-state index is -0.285. The van der Waals surface area contributed by atoms with E-state index in [1.807, 2.05) is 0 Å². The molecule has 0 saturated heterocycles. The molecule has 3 N–H and O–H groups in total. The zero-order valence-corrected chi connectivity index (χ0v) is 8.48. The van der Waals surface area contributed by atoms with Crippen LogP contribution in [0.5, 0.6) is 11.5 Å². The lowest BCUT2D eigenvalue weighted by Crippen LogP contribution is -2.15. The van der Waals surface area contributed by atoms with E-state index in [4.69, 9.17) is 5.11 Å². The number of rotatable bonds is 2. The average molecular weight is 208 g/mol. The number of nitrogens with zero attached hydrogens (tertiary/aromatic N) is 1. The molecular weight excluding hydrogens is 196 g/mol. The fourth-order valence-corrected chi connectivity index (χ4v) is 1.05. The highest BCUT2D eigenvalue weighted by atomic mass is 16.3. The summed E-state index contributed by atoms with van der Waals surface area (Å²) in [5.41, 5.74) is 3.18. The summed E-state index contributed by atoms with van der Waals surface area (Å²) >= 11 is 0. The van der Waals surface area contributed by atoms with Gasteiger partial charge in [-0.25, -0.2) is 5.43 Å². The molecule has 1 aromatic rings. The Morgan fingerprint density at radius 1 is 1.33 bits per heavy atom. The van der Waals surface area contributed by atoms with Crippen LogP contribution in [-0.2, 0) is 4.79 Å². The molecule has 0 aliphatic heterocycles. The third-order valence-corrected chi connectivity index (χ3v) is 1.75. The molecule has 5 nitrogen and oxygen atoms in total. The van der Waals surface area contributed by atoms with Crippen molar-refractivity contribution >= 4 is 11.6 Å². The number of carbonyl (C=O) groups excluding carboxylic acids is 1. The topological polar surface area (TPSA) is 81.9 Å². The molecule has 0 fully saturated rings. The van der Waals surface area contributed by atoms with Crippen molar-refractivity contribution in [2.75, 3.05) is 0 Å². The van der Waals surface area contributed by atoms with Gasteiger partial charge in [0.25, 0.3) is 0 Å². The van der Waals surface area contributed by atoms with E-state index < -0.39 is 0 Å². The molecule has 0 saturated carbocycles. The number of amides is 1. The first-order valence-electron chi connectivity index (χ1n) is 4.34. The average Bonchev–Trinajstić information content (AvgIpc) is 2.14. The number of carbonyl (C=O) groups is 1. The molecule has 0 aliphatic carbocycles. The standard InChI is InChI=1S/C10H12N2O3/c1-6(11-12-7(2)13)9-4-3-8(14)5-10(9)15/h3-5,14-15H,1-2H3,(H,12,13)/b11-6+. The SMILES string of the molecule is CC(=O)N/N=C(\C)c1ccc(O)cc1O. The van der Waals surface area contributed by atoms with Gasteiger partial charge < -0.3 is 10.2 Å². The number of hydrogen-bond acceptors (Lipinski definition) is 4. The molecule has 1 rings (SSSR count). The molecule has 0 atom stereocenters. The lowest BCUT2D eigenvalue weighted by Gasteiger charge is -2.04. The maximum atomic E-state index is 10.6. The summed E-state index contributed by atoms with van der Waals surface area (Å²) in [7, 11) is 0. The van der Waals surface area contributed by atoms with Crippen molar-refractivity contribution in [1.82, 2.24) is 5.43 Å². The molecule has 80 valence electrons. The second-order valence-electron chi connectivity index (χ2n) is 3.07. The van der Waals surface area contributed by atoms with Crippen LogP contribution in [0.2, 0.25) is 0 Å². The maximum absolute atomic E-state index is 10.6. The number of phenolic OH excluding ortho intramolecular Hbond substituents is 2. The Hall–Kier alpha value is -2.04. The monoisotopic (exact) mass is 208 g/mol. The van der Waals surface area contributed by atoms with E-state index in [0.717, 1.165) is 0 Å². The molecule has 0 heterocycles. The highest BCUT2D eigenvalue weighted by Crippen LogP contribution is 2.22. The Kier molecular flexibility index (Phi) is 3.28. The van der Waals surface area contributed by atoms with E-state index in [0.29, 0.717) is 11.3 Å². The number of hydrogen-bond donors (Lipinski definition) is 3. The van der Waals surface area contributed by atoms with Gasteiger partial charge in [-0.15, -0.1) is 0 Å². The van der Waals surface area contributed by atoms with Crippen LogP contribution in [0, 0.1) is 0 Å². The number of nitrogens with one attached hydrogen (secondary N) is 1. The van der Waals surface area contributed by atoms with Crippen molar-refractivity contribution in [1.29, 1.82) is 0 Å². The van der Waals surface area contributed by atoms with Crippen molar-refractivity contribution < 1.29 is 15.0 Å². The Balaban J connectivity index is 2.95. The van der Waals surface area contributed by atoms with Gasteiger partial charge in [-0.3, -0.25) is 4.79 Å². The zero-order valence-electron chi connectivity index (χ0n) is 8.48. The minimum absolute atomic E-state index is 0.0245. The predicted molar refractivity (Wildman–Crippen MR) is 55.8 cm³/mol. The van der Waals surface area contributed by atoms with E-state index in [1.54, 1.807) is 6.92 Å². The molecule has 0 bridgehead atoms. The van der Waals surface area contributed by atoms with Gasteiger partial charge in [-0.05, 0) is 19.1 Å². The highest BCUT2D eigenvalue weighted by molar-refractivity contribution is 6.01. The van der Waals surface area contributed by atoms with Crippen LogP contribution in [-0.4, -0.2) is 21.8 Å². The molecule has 1 amide bonds. The van der Waals surface area contributed by atoms with Gasteiger partial charge in [0.05, 0.1) is 5.71 Å². The minimum Gasteiger partial charge on any atom is -0.508 e. The molecule has 1 aromatic carbocycles. The van der Waals surface area contributed by atoms with Gasteiger partial charge in [0, 0.05) is 18.6 Å². The number of hydrazone groups is 1. The number of phenols is 2. The van der Waals surface area contributed by atoms with E-state index in [2.05, 4.69) is 10.5 Å². The molecule has 0 aliphatic rings. The summed E-state index contributed by atoms with van der Waals surface area (Å²) < 4.78 is 0. The molecule has 0 unspecified atom stereocenters. The van der Waals surface area contributed by atoms with Crippen LogP contribution in [0.15, 0.2) is 23.3 Å². The van der Waals surface area contributed by atoms with Gasteiger partial charge >= 0.3 is 0 Å².